The zero-order chi connectivity index (χ0) is 27.9. The number of fused-ring (bicyclic) bond motifs is 3. The first kappa shape index (κ1) is 28.2. The van der Waals surface area contributed by atoms with Gasteiger partial charge in [0.15, 0.2) is 11.5 Å². The molecule has 10 nitrogen and oxygen atoms in total. The summed E-state index contributed by atoms with van der Waals surface area (Å²) in [5.74, 6) is 1.48. The molecule has 2 aliphatic rings. The molecule has 0 spiro atoms. The van der Waals surface area contributed by atoms with Crippen molar-refractivity contribution in [3.63, 3.8) is 0 Å². The van der Waals surface area contributed by atoms with Crippen LogP contribution in [0.15, 0.2) is 29.1 Å². The molecule has 2 aromatic carbocycles. The topological polar surface area (TPSA) is 124 Å². The fraction of sp³-hybridized carbons (Fsp3) is 0.483. The third-order valence-electron chi connectivity index (χ3n) is 7.28. The Kier molecular flexibility index (Phi) is 9.29. The van der Waals surface area contributed by atoms with Crippen molar-refractivity contribution >= 4 is 17.5 Å². The summed E-state index contributed by atoms with van der Waals surface area (Å²) in [7, 11) is 4.66. The summed E-state index contributed by atoms with van der Waals surface area (Å²) >= 11 is 0. The van der Waals surface area contributed by atoms with Gasteiger partial charge in [-0.1, -0.05) is 6.07 Å². The van der Waals surface area contributed by atoms with Crippen LogP contribution in [0.25, 0.3) is 11.1 Å². The van der Waals surface area contributed by atoms with Crippen LogP contribution in [0.4, 0.5) is 5.69 Å². The number of ether oxygens (including phenoxy) is 4. The molecule has 1 aliphatic carbocycles. The van der Waals surface area contributed by atoms with Crippen LogP contribution in [0.2, 0.25) is 0 Å². The molecule has 0 unspecified atom stereocenters. The van der Waals surface area contributed by atoms with E-state index in [0.717, 1.165) is 42.7 Å². The monoisotopic (exact) mass is 539 g/mol. The van der Waals surface area contributed by atoms with Gasteiger partial charge >= 0.3 is 0 Å². The van der Waals surface area contributed by atoms with E-state index in [1.54, 1.807) is 27.4 Å². The van der Waals surface area contributed by atoms with Gasteiger partial charge in [-0.15, -0.1) is 0 Å². The third-order valence-corrected chi connectivity index (χ3v) is 7.28. The highest BCUT2D eigenvalue weighted by molar-refractivity contribution is 5.84. The molecule has 3 N–H and O–H groups in total. The standard InChI is InChI=1S/C29H37N3O7/c1-17(33)32-22-7-5-19-13-25(36-2)28(37-3)29(38-4)27(19)20-6-8-23(24(34)14-21(20)22)30-16-26(35)31-15-18-9-11-39-12-10-18/h6,8,13-14,18,22H,5,7,9-12,15-16H2,1-4H3,(H,30,34)(H,31,35)(H,32,33)/t22-/m1/s1. The molecule has 4 rings (SSSR count). The Labute approximate surface area is 228 Å². The van der Waals surface area contributed by atoms with Crippen LogP contribution in [-0.2, 0) is 20.7 Å². The van der Waals surface area contributed by atoms with E-state index in [1.807, 2.05) is 12.1 Å². The summed E-state index contributed by atoms with van der Waals surface area (Å²) in [6.07, 6.45) is 3.03. The lowest BCUT2D eigenvalue weighted by molar-refractivity contribution is -0.120. The minimum Gasteiger partial charge on any atom is -0.493 e. The Morgan fingerprint density at radius 1 is 1.00 bits per heavy atom. The number of hydrogen-bond donors (Lipinski definition) is 3. The average Bonchev–Trinajstić information content (AvgIpc) is 3.18. The molecule has 210 valence electrons. The number of rotatable bonds is 9. The first-order valence-electron chi connectivity index (χ1n) is 13.2. The highest BCUT2D eigenvalue weighted by Gasteiger charge is 2.29. The van der Waals surface area contributed by atoms with E-state index in [1.165, 1.54) is 13.0 Å². The molecule has 0 radical (unpaired) electrons. The fourth-order valence-corrected chi connectivity index (χ4v) is 5.30. The van der Waals surface area contributed by atoms with Gasteiger partial charge in [0.2, 0.25) is 23.0 Å². The normalized spacial score (nSPS) is 16.7. The van der Waals surface area contributed by atoms with Gasteiger partial charge in [0, 0.05) is 32.2 Å². The summed E-state index contributed by atoms with van der Waals surface area (Å²) in [5, 5.41) is 8.93. The lowest BCUT2D eigenvalue weighted by Gasteiger charge is -2.22. The maximum absolute atomic E-state index is 13.3. The maximum atomic E-state index is 13.3. The molecule has 2 amide bonds. The third kappa shape index (κ3) is 6.44. The first-order valence-corrected chi connectivity index (χ1v) is 13.2. The van der Waals surface area contributed by atoms with Gasteiger partial charge in [0.1, 0.15) is 0 Å². The van der Waals surface area contributed by atoms with Gasteiger partial charge in [-0.25, -0.2) is 0 Å². The molecule has 10 heteroatoms. The number of methoxy groups -OCH3 is 3. The molecule has 1 fully saturated rings. The van der Waals surface area contributed by atoms with Crippen molar-refractivity contribution in [2.45, 2.75) is 38.6 Å². The van der Waals surface area contributed by atoms with E-state index < -0.39 is 6.04 Å². The number of nitrogens with one attached hydrogen (secondary N) is 3. The highest BCUT2D eigenvalue weighted by Crippen LogP contribution is 2.50. The Morgan fingerprint density at radius 3 is 2.41 bits per heavy atom. The van der Waals surface area contributed by atoms with Gasteiger partial charge in [0.25, 0.3) is 0 Å². The van der Waals surface area contributed by atoms with E-state index >= 15 is 0 Å². The van der Waals surface area contributed by atoms with Gasteiger partial charge in [-0.2, -0.15) is 0 Å². The van der Waals surface area contributed by atoms with E-state index in [4.69, 9.17) is 18.9 Å². The molecule has 2 aromatic rings. The molecular weight excluding hydrogens is 502 g/mol. The minimum atomic E-state index is -0.401. The number of amides is 2. The number of carbonyl (C=O) groups excluding carboxylic acids is 2. The minimum absolute atomic E-state index is 0.0345. The Morgan fingerprint density at radius 2 is 1.74 bits per heavy atom. The summed E-state index contributed by atoms with van der Waals surface area (Å²) < 4.78 is 22.4. The number of aryl methyl sites for hydroxylation is 1. The quantitative estimate of drug-likeness (QED) is 0.445. The Bertz CT molecular complexity index is 1270. The van der Waals surface area contributed by atoms with Gasteiger partial charge in [0.05, 0.1) is 39.6 Å². The summed E-state index contributed by atoms with van der Waals surface area (Å²) in [4.78, 5) is 37.9. The lowest BCUT2D eigenvalue weighted by Crippen LogP contribution is -2.36. The smallest absolute Gasteiger partial charge is 0.239 e. The lowest BCUT2D eigenvalue weighted by atomic mass is 9.95. The zero-order valence-electron chi connectivity index (χ0n) is 23.0. The van der Waals surface area contributed by atoms with Crippen molar-refractivity contribution in [2.75, 3.05) is 52.9 Å². The van der Waals surface area contributed by atoms with Gasteiger partial charge in [-0.05, 0) is 66.5 Å². The van der Waals surface area contributed by atoms with Crippen molar-refractivity contribution in [1.82, 2.24) is 10.6 Å². The van der Waals surface area contributed by atoms with Crippen LogP contribution in [0.3, 0.4) is 0 Å². The zero-order valence-corrected chi connectivity index (χ0v) is 23.0. The number of benzene rings is 1. The van der Waals surface area contributed by atoms with Gasteiger partial charge in [-0.3, -0.25) is 14.4 Å². The Balaban J connectivity index is 1.70. The number of hydrogen-bond acceptors (Lipinski definition) is 8. The first-order chi connectivity index (χ1) is 18.9. The number of carbonyl (C=O) groups is 2. The van der Waals surface area contributed by atoms with Crippen molar-refractivity contribution in [2.24, 2.45) is 5.92 Å². The molecule has 0 aromatic heterocycles. The number of anilines is 1. The van der Waals surface area contributed by atoms with Crippen LogP contribution < -0.4 is 35.6 Å². The van der Waals surface area contributed by atoms with Crippen LogP contribution in [0.1, 0.15) is 43.4 Å². The van der Waals surface area contributed by atoms with E-state index in [0.29, 0.717) is 48.1 Å². The van der Waals surface area contributed by atoms with E-state index in [2.05, 4.69) is 16.0 Å². The van der Waals surface area contributed by atoms with E-state index in [9.17, 15) is 14.4 Å². The molecule has 0 saturated carbocycles. The second kappa shape index (κ2) is 12.8. The molecule has 1 heterocycles. The highest BCUT2D eigenvalue weighted by atomic mass is 16.5. The predicted octanol–water partition coefficient (Wildman–Crippen LogP) is 2.82. The van der Waals surface area contributed by atoms with Gasteiger partial charge < -0.3 is 34.9 Å². The summed E-state index contributed by atoms with van der Waals surface area (Å²) in [6.45, 7) is 3.45. The summed E-state index contributed by atoms with van der Waals surface area (Å²) in [5.41, 5.74) is 3.11. The molecular formula is C29H37N3O7. The average molecular weight is 540 g/mol. The van der Waals surface area contributed by atoms with Crippen LogP contribution in [0.5, 0.6) is 17.2 Å². The molecule has 1 atom stereocenters. The second-order valence-electron chi connectivity index (χ2n) is 9.81. The van der Waals surface area contributed by atoms with Crippen molar-refractivity contribution in [3.8, 4) is 28.4 Å². The van der Waals surface area contributed by atoms with Crippen molar-refractivity contribution in [3.05, 3.63) is 45.6 Å². The van der Waals surface area contributed by atoms with Crippen molar-refractivity contribution in [1.29, 1.82) is 0 Å². The maximum Gasteiger partial charge on any atom is 0.239 e. The largest absolute Gasteiger partial charge is 0.493 e. The SMILES string of the molecule is COc1cc2c(c(OC)c1OC)-c1ccc(NCC(=O)NCC3CCOCC3)c(=O)cc1[C@H](NC(C)=O)CC2. The molecule has 1 saturated heterocycles. The summed E-state index contributed by atoms with van der Waals surface area (Å²) in [6, 6.07) is 6.53. The molecule has 0 bridgehead atoms. The molecule has 39 heavy (non-hydrogen) atoms. The van der Waals surface area contributed by atoms with Crippen LogP contribution in [0, 0.1) is 5.92 Å². The predicted molar refractivity (Wildman–Crippen MR) is 148 cm³/mol. The fourth-order valence-electron chi connectivity index (χ4n) is 5.30. The van der Waals surface area contributed by atoms with Crippen molar-refractivity contribution < 1.29 is 28.5 Å². The second-order valence-corrected chi connectivity index (χ2v) is 9.81. The van der Waals surface area contributed by atoms with Crippen LogP contribution >= 0.6 is 0 Å². The van der Waals surface area contributed by atoms with Crippen LogP contribution in [-0.4, -0.2) is 59.4 Å². The van der Waals surface area contributed by atoms with E-state index in [-0.39, 0.29) is 29.5 Å². The molecule has 1 aliphatic heterocycles. The Hall–Kier alpha value is -3.79.